The van der Waals surface area contributed by atoms with E-state index in [0.29, 0.717) is 0 Å². The van der Waals surface area contributed by atoms with Crippen molar-refractivity contribution in [1.82, 2.24) is 0 Å². The number of nitrogens with zero attached hydrogens (tertiary/aromatic N) is 1. The third-order valence-electron chi connectivity index (χ3n) is 1.63. The molecule has 0 aliphatic heterocycles. The quantitative estimate of drug-likeness (QED) is 0.427. The molecule has 1 amide bonds. The van der Waals surface area contributed by atoms with E-state index < -0.39 is 20.1 Å². The van der Waals surface area contributed by atoms with Crippen LogP contribution in [-0.2, 0) is 8.53 Å². The molecule has 8 heteroatoms. The average Bonchev–Trinajstić information content (AvgIpc) is 2.20. The molecule has 0 unspecified atom stereocenters. The van der Waals surface area contributed by atoms with Gasteiger partial charge >= 0.3 is 88.1 Å². The number of benzene rings is 1. The van der Waals surface area contributed by atoms with Gasteiger partial charge in [-0.05, 0) is 0 Å². The summed E-state index contributed by atoms with van der Waals surface area (Å²) in [5.74, 6) is -0.668. The molecule has 98 valence electrons. The minimum absolute atomic E-state index is 0.00951. The summed E-state index contributed by atoms with van der Waals surface area (Å²) in [5.41, 5.74) is -0.00951. The van der Waals surface area contributed by atoms with Gasteiger partial charge in [0.15, 0.2) is 0 Å². The first kappa shape index (κ1) is 16.3. The molecule has 18 heavy (non-hydrogen) atoms. The fourth-order valence-corrected chi connectivity index (χ4v) is 2.18. The molecule has 1 rings (SSSR count). The van der Waals surface area contributed by atoms with Crippen LogP contribution in [0.1, 0.15) is 13.8 Å². The molecular formula is C10H13AsN2O5. The molecule has 0 heterocycles. The van der Waals surface area contributed by atoms with E-state index in [1.807, 2.05) is 0 Å². The summed E-state index contributed by atoms with van der Waals surface area (Å²) in [6.45, 7) is 2.66. The molecule has 0 atom stereocenters. The van der Waals surface area contributed by atoms with Crippen LogP contribution < -0.4 is 9.67 Å². The molecule has 0 spiro atoms. The van der Waals surface area contributed by atoms with Crippen molar-refractivity contribution in [1.29, 1.82) is 5.26 Å². The van der Waals surface area contributed by atoms with Crippen molar-refractivity contribution in [3.05, 3.63) is 18.2 Å². The van der Waals surface area contributed by atoms with Gasteiger partial charge in [-0.25, -0.2) is 0 Å². The van der Waals surface area contributed by atoms with Gasteiger partial charge in [0, 0.05) is 6.92 Å². The van der Waals surface area contributed by atoms with Crippen LogP contribution in [0.3, 0.4) is 0 Å². The number of hydrogen-bond acceptors (Lipinski definition) is 4. The van der Waals surface area contributed by atoms with Gasteiger partial charge in [0.2, 0.25) is 0 Å². The Bertz CT molecular complexity index is 517. The molecule has 0 aliphatic rings. The van der Waals surface area contributed by atoms with E-state index in [2.05, 4.69) is 5.32 Å². The SMILES string of the molecule is CC#N.CC(=O)Nc1cc([As](=O)(O)O)ccc1O. The van der Waals surface area contributed by atoms with E-state index in [1.165, 1.54) is 13.8 Å². The van der Waals surface area contributed by atoms with Crippen molar-refractivity contribution in [2.75, 3.05) is 5.32 Å². The van der Waals surface area contributed by atoms with E-state index in [4.69, 9.17) is 13.5 Å². The predicted octanol–water partition coefficient (Wildman–Crippen LogP) is -0.559. The molecule has 7 nitrogen and oxygen atoms in total. The van der Waals surface area contributed by atoms with Crippen molar-refractivity contribution in [2.24, 2.45) is 0 Å². The predicted molar refractivity (Wildman–Crippen MR) is 64.2 cm³/mol. The molecule has 0 bridgehead atoms. The Morgan fingerprint density at radius 3 is 2.33 bits per heavy atom. The van der Waals surface area contributed by atoms with Gasteiger partial charge in [-0.2, -0.15) is 5.26 Å². The number of phenolic OH excluding ortho intramolecular Hbond substituents is 1. The van der Waals surface area contributed by atoms with Crippen LogP contribution in [0.5, 0.6) is 5.75 Å². The number of aromatic hydroxyl groups is 1. The summed E-state index contributed by atoms with van der Waals surface area (Å²) in [7, 11) is 0. The zero-order valence-electron chi connectivity index (χ0n) is 9.78. The Labute approximate surface area is 107 Å². The second-order valence-corrected chi connectivity index (χ2v) is 6.52. The van der Waals surface area contributed by atoms with Crippen molar-refractivity contribution in [2.45, 2.75) is 13.8 Å². The molecule has 1 aromatic rings. The molecule has 0 saturated heterocycles. The Morgan fingerprint density at radius 1 is 1.44 bits per heavy atom. The topological polar surface area (TPSA) is 131 Å². The van der Waals surface area contributed by atoms with Crippen molar-refractivity contribution in [3.63, 3.8) is 0 Å². The summed E-state index contributed by atoms with van der Waals surface area (Å²) < 4.78 is 28.6. The minimum atomic E-state index is -4.98. The normalized spacial score (nSPS) is 9.72. The summed E-state index contributed by atoms with van der Waals surface area (Å²) in [4.78, 5) is 10.7. The van der Waals surface area contributed by atoms with E-state index >= 15 is 0 Å². The number of anilines is 1. The number of phenols is 1. The molecule has 4 N–H and O–H groups in total. The second kappa shape index (κ2) is 6.86. The Kier molecular flexibility index (Phi) is 6.20. The van der Waals surface area contributed by atoms with Gasteiger partial charge in [0.25, 0.3) is 0 Å². The van der Waals surface area contributed by atoms with Crippen LogP contribution in [0.2, 0.25) is 0 Å². The molecule has 0 saturated carbocycles. The van der Waals surface area contributed by atoms with Crippen LogP contribution in [0.4, 0.5) is 5.69 Å². The summed E-state index contributed by atoms with van der Waals surface area (Å²) >= 11 is -4.98. The van der Waals surface area contributed by atoms with Crippen LogP contribution in [0.25, 0.3) is 0 Å². The number of hydrogen-bond donors (Lipinski definition) is 4. The van der Waals surface area contributed by atoms with Gasteiger partial charge in [-0.15, -0.1) is 0 Å². The number of rotatable bonds is 2. The van der Waals surface area contributed by atoms with Gasteiger partial charge in [0.1, 0.15) is 0 Å². The molecular weight excluding hydrogens is 303 g/mol. The number of carbonyl (C=O) groups is 1. The molecule has 0 aromatic heterocycles. The third kappa shape index (κ3) is 5.55. The van der Waals surface area contributed by atoms with Crippen LogP contribution in [0, 0.1) is 11.3 Å². The van der Waals surface area contributed by atoms with Crippen LogP contribution in [-0.4, -0.2) is 33.4 Å². The van der Waals surface area contributed by atoms with Crippen LogP contribution in [0.15, 0.2) is 18.2 Å². The Balaban J connectivity index is 0.000000873. The molecule has 0 aliphatic carbocycles. The second-order valence-electron chi connectivity index (χ2n) is 3.15. The van der Waals surface area contributed by atoms with Crippen molar-refractivity contribution < 1.29 is 21.8 Å². The van der Waals surface area contributed by atoms with Crippen molar-refractivity contribution >= 4 is 30.1 Å². The van der Waals surface area contributed by atoms with Gasteiger partial charge in [-0.1, -0.05) is 0 Å². The maximum atomic E-state index is 10.9. The van der Waals surface area contributed by atoms with E-state index in [0.717, 1.165) is 18.2 Å². The van der Waals surface area contributed by atoms with Gasteiger partial charge in [-0.3, -0.25) is 0 Å². The maximum absolute atomic E-state index is 10.9. The first-order valence-electron chi connectivity index (χ1n) is 4.70. The first-order valence-corrected chi connectivity index (χ1v) is 8.08. The first-order chi connectivity index (χ1) is 8.22. The summed E-state index contributed by atoms with van der Waals surface area (Å²) in [5, 5.41) is 18.9. The Hall–Kier alpha value is -1.74. The zero-order valence-corrected chi connectivity index (χ0v) is 11.7. The standard InChI is InChI=1S/C8H10AsNO5.C2H3N/c1-5(11)10-7-4-6(9(13,14)15)2-3-8(7)12;1-2-3/h2-4,12H,1H3,(H,10,11)(H2,13,14,15);1H3. The van der Waals surface area contributed by atoms with E-state index in [1.54, 1.807) is 6.07 Å². The number of nitriles is 1. The zero-order chi connectivity index (χ0) is 14.3. The van der Waals surface area contributed by atoms with E-state index in [9.17, 15) is 13.6 Å². The monoisotopic (exact) mass is 316 g/mol. The van der Waals surface area contributed by atoms with Gasteiger partial charge < -0.3 is 0 Å². The molecule has 0 fully saturated rings. The van der Waals surface area contributed by atoms with E-state index in [-0.39, 0.29) is 15.8 Å². The summed E-state index contributed by atoms with van der Waals surface area (Å²) in [6, 6.07) is 5.07. The average molecular weight is 316 g/mol. The van der Waals surface area contributed by atoms with Crippen molar-refractivity contribution in [3.8, 4) is 11.8 Å². The number of nitrogens with one attached hydrogen (secondary N) is 1. The van der Waals surface area contributed by atoms with Crippen LogP contribution >= 0.6 is 0 Å². The summed E-state index contributed by atoms with van der Waals surface area (Å²) in [6.07, 6.45) is 0. The fourth-order valence-electron chi connectivity index (χ4n) is 0.995. The number of carbonyl (C=O) groups excluding carboxylic acids is 1. The third-order valence-corrected chi connectivity index (χ3v) is 3.62. The number of amides is 1. The molecule has 1 aromatic carbocycles. The fraction of sp³-hybridized carbons (Fsp3) is 0.200. The molecule has 0 radical (unpaired) electrons. The Morgan fingerprint density at radius 2 is 1.94 bits per heavy atom. The van der Waals surface area contributed by atoms with Gasteiger partial charge in [0.05, 0.1) is 6.07 Å².